The molecule has 1 heterocycles. The fourth-order valence-electron chi connectivity index (χ4n) is 1.67. The molecule has 0 radical (unpaired) electrons. The predicted octanol–water partition coefficient (Wildman–Crippen LogP) is 2.76. The molecule has 1 N–H and O–H groups in total. The molecule has 2 rings (SSSR count). The van der Waals surface area contributed by atoms with Crippen molar-refractivity contribution < 1.29 is 9.53 Å². The van der Waals surface area contributed by atoms with Gasteiger partial charge < -0.3 is 10.1 Å². The normalized spacial score (nSPS) is 10.4. The summed E-state index contributed by atoms with van der Waals surface area (Å²) in [4.78, 5) is 16.0. The molecule has 4 nitrogen and oxygen atoms in total. The number of carbonyl (C=O) groups excluding carboxylic acids is 1. The minimum absolute atomic E-state index is 0.112. The van der Waals surface area contributed by atoms with Crippen LogP contribution in [-0.4, -0.2) is 24.5 Å². The number of pyridine rings is 1. The van der Waals surface area contributed by atoms with Crippen molar-refractivity contribution in [1.29, 1.82) is 0 Å². The van der Waals surface area contributed by atoms with Crippen LogP contribution in [0.3, 0.4) is 0 Å². The molecule has 0 spiro atoms. The number of amides is 1. The number of nitrogens with one attached hydrogen (secondary N) is 1. The van der Waals surface area contributed by atoms with Gasteiger partial charge in [0.1, 0.15) is 5.75 Å². The molecule has 0 saturated heterocycles. The fourth-order valence-corrected chi connectivity index (χ4v) is 2.20. The van der Waals surface area contributed by atoms with E-state index in [0.717, 1.165) is 21.1 Å². The number of rotatable bonds is 3. The molecule has 0 unspecified atom stereocenters. The van der Waals surface area contributed by atoms with Gasteiger partial charge in [0.15, 0.2) is 0 Å². The molecule has 94 valence electrons. The van der Waals surface area contributed by atoms with Crippen molar-refractivity contribution in [2.45, 2.75) is 6.92 Å². The molecule has 2 aromatic rings. The summed E-state index contributed by atoms with van der Waals surface area (Å²) in [7, 11) is 1.61. The Kier molecular flexibility index (Phi) is 3.81. The zero-order chi connectivity index (χ0) is 13.1. The zero-order valence-electron chi connectivity index (χ0n) is 10.2. The zero-order valence-corrected chi connectivity index (χ0v) is 11.7. The van der Waals surface area contributed by atoms with E-state index in [1.54, 1.807) is 13.3 Å². The first-order chi connectivity index (χ1) is 8.65. The van der Waals surface area contributed by atoms with E-state index in [0.29, 0.717) is 12.1 Å². The van der Waals surface area contributed by atoms with E-state index < -0.39 is 0 Å². The monoisotopic (exact) mass is 308 g/mol. The van der Waals surface area contributed by atoms with Gasteiger partial charge in [-0.1, -0.05) is 0 Å². The van der Waals surface area contributed by atoms with Crippen molar-refractivity contribution in [3.8, 4) is 5.75 Å². The van der Waals surface area contributed by atoms with Crippen LogP contribution in [0.25, 0.3) is 10.9 Å². The average Bonchev–Trinajstić information content (AvgIpc) is 2.37. The first-order valence-corrected chi connectivity index (χ1v) is 6.36. The highest BCUT2D eigenvalue weighted by Gasteiger charge is 2.08. The minimum atomic E-state index is -0.112. The van der Waals surface area contributed by atoms with Gasteiger partial charge in [0.2, 0.25) is 0 Å². The van der Waals surface area contributed by atoms with Crippen LogP contribution < -0.4 is 10.1 Å². The molecule has 18 heavy (non-hydrogen) atoms. The van der Waals surface area contributed by atoms with Crippen LogP contribution in [-0.2, 0) is 0 Å². The minimum Gasteiger partial charge on any atom is -0.495 e. The number of halogens is 1. The summed E-state index contributed by atoms with van der Waals surface area (Å²) in [5.74, 6) is 0.611. The number of methoxy groups -OCH3 is 1. The highest BCUT2D eigenvalue weighted by atomic mass is 79.9. The summed E-state index contributed by atoms with van der Waals surface area (Å²) >= 11 is 3.42. The Bertz CT molecular complexity index is 599. The summed E-state index contributed by atoms with van der Waals surface area (Å²) < 4.78 is 6.04. The topological polar surface area (TPSA) is 51.2 Å². The Hall–Kier alpha value is -1.62. The molecular weight excluding hydrogens is 296 g/mol. The number of benzene rings is 1. The molecule has 0 aliphatic heterocycles. The highest BCUT2D eigenvalue weighted by molar-refractivity contribution is 9.10. The van der Waals surface area contributed by atoms with Crippen molar-refractivity contribution in [3.05, 3.63) is 34.4 Å². The van der Waals surface area contributed by atoms with E-state index in [2.05, 4.69) is 26.2 Å². The molecule has 0 aliphatic carbocycles. The van der Waals surface area contributed by atoms with Crippen LogP contribution >= 0.6 is 15.9 Å². The average molecular weight is 309 g/mol. The molecule has 0 atom stereocenters. The first-order valence-electron chi connectivity index (χ1n) is 5.57. The van der Waals surface area contributed by atoms with Gasteiger partial charge in [-0.2, -0.15) is 0 Å². The molecule has 0 fully saturated rings. The van der Waals surface area contributed by atoms with Gasteiger partial charge in [0.05, 0.1) is 22.7 Å². The molecule has 0 aliphatic rings. The molecule has 5 heteroatoms. The largest absolute Gasteiger partial charge is 0.495 e. The number of aromatic nitrogens is 1. The van der Waals surface area contributed by atoms with Crippen molar-refractivity contribution in [2.75, 3.05) is 13.7 Å². The Morgan fingerprint density at radius 3 is 2.89 bits per heavy atom. The van der Waals surface area contributed by atoms with Gasteiger partial charge in [0.25, 0.3) is 5.91 Å². The Balaban J connectivity index is 2.49. The maximum absolute atomic E-state index is 11.7. The maximum atomic E-state index is 11.7. The Morgan fingerprint density at radius 1 is 1.44 bits per heavy atom. The number of hydrogen-bond donors (Lipinski definition) is 1. The predicted molar refractivity (Wildman–Crippen MR) is 74.0 cm³/mol. The van der Waals surface area contributed by atoms with E-state index in [9.17, 15) is 4.79 Å². The Morgan fingerprint density at radius 2 is 2.22 bits per heavy atom. The number of nitrogens with zero attached hydrogens (tertiary/aromatic N) is 1. The second-order valence-electron chi connectivity index (χ2n) is 3.76. The third kappa shape index (κ3) is 2.46. The third-order valence-corrected chi connectivity index (χ3v) is 3.17. The van der Waals surface area contributed by atoms with Crippen LogP contribution in [0.1, 0.15) is 17.3 Å². The SMILES string of the molecule is CCNC(=O)c1cnc2cc(OC)c(Br)cc2c1. The first kappa shape index (κ1) is 12.8. The van der Waals surface area contributed by atoms with E-state index in [-0.39, 0.29) is 5.91 Å². The lowest BCUT2D eigenvalue weighted by molar-refractivity contribution is 0.0955. The summed E-state index contributed by atoms with van der Waals surface area (Å²) in [5, 5.41) is 3.64. The summed E-state index contributed by atoms with van der Waals surface area (Å²) in [5.41, 5.74) is 1.35. The molecule has 1 amide bonds. The second-order valence-corrected chi connectivity index (χ2v) is 4.62. The standard InChI is InChI=1S/C13H13BrN2O2/c1-3-15-13(17)9-4-8-5-10(14)12(18-2)6-11(8)16-7-9/h4-7H,3H2,1-2H3,(H,15,17). The number of fused-ring (bicyclic) bond motifs is 1. The van der Waals surface area contributed by atoms with E-state index >= 15 is 0 Å². The van der Waals surface area contributed by atoms with Gasteiger partial charge in [0, 0.05) is 24.2 Å². The molecule has 1 aromatic heterocycles. The van der Waals surface area contributed by atoms with Gasteiger partial charge in [-0.25, -0.2) is 0 Å². The lowest BCUT2D eigenvalue weighted by Gasteiger charge is -2.07. The van der Waals surface area contributed by atoms with Crippen LogP contribution in [0.5, 0.6) is 5.75 Å². The lowest BCUT2D eigenvalue weighted by atomic mass is 10.1. The molecular formula is C13H13BrN2O2. The second kappa shape index (κ2) is 5.35. The summed E-state index contributed by atoms with van der Waals surface area (Å²) in [6.07, 6.45) is 1.57. The summed E-state index contributed by atoms with van der Waals surface area (Å²) in [6, 6.07) is 5.54. The van der Waals surface area contributed by atoms with Crippen LogP contribution in [0.2, 0.25) is 0 Å². The number of hydrogen-bond acceptors (Lipinski definition) is 3. The van der Waals surface area contributed by atoms with Gasteiger partial charge in [-0.3, -0.25) is 9.78 Å². The fraction of sp³-hybridized carbons (Fsp3) is 0.231. The highest BCUT2D eigenvalue weighted by Crippen LogP contribution is 2.29. The van der Waals surface area contributed by atoms with Crippen LogP contribution in [0.15, 0.2) is 28.9 Å². The van der Waals surface area contributed by atoms with Gasteiger partial charge in [-0.05, 0) is 35.0 Å². The number of ether oxygens (including phenoxy) is 1. The van der Waals surface area contributed by atoms with E-state index in [4.69, 9.17) is 4.74 Å². The summed E-state index contributed by atoms with van der Waals surface area (Å²) in [6.45, 7) is 2.48. The van der Waals surface area contributed by atoms with Crippen molar-refractivity contribution >= 4 is 32.7 Å². The van der Waals surface area contributed by atoms with Gasteiger partial charge >= 0.3 is 0 Å². The van der Waals surface area contributed by atoms with Crippen molar-refractivity contribution in [2.24, 2.45) is 0 Å². The van der Waals surface area contributed by atoms with E-state index in [1.165, 1.54) is 0 Å². The van der Waals surface area contributed by atoms with Gasteiger partial charge in [-0.15, -0.1) is 0 Å². The van der Waals surface area contributed by atoms with Crippen LogP contribution in [0.4, 0.5) is 0 Å². The molecule has 0 saturated carbocycles. The third-order valence-electron chi connectivity index (χ3n) is 2.55. The van der Waals surface area contributed by atoms with E-state index in [1.807, 2.05) is 25.1 Å². The van der Waals surface area contributed by atoms with Crippen molar-refractivity contribution in [1.82, 2.24) is 10.3 Å². The van der Waals surface area contributed by atoms with Crippen LogP contribution in [0, 0.1) is 0 Å². The number of carbonyl (C=O) groups is 1. The molecule has 0 bridgehead atoms. The van der Waals surface area contributed by atoms with Crippen molar-refractivity contribution in [3.63, 3.8) is 0 Å². The maximum Gasteiger partial charge on any atom is 0.252 e. The quantitative estimate of drug-likeness (QED) is 0.948. The molecule has 1 aromatic carbocycles. The Labute approximate surface area is 113 Å². The smallest absolute Gasteiger partial charge is 0.252 e. The lowest BCUT2D eigenvalue weighted by Crippen LogP contribution is -2.22.